The largest absolute Gasteiger partial charge is 0.338 e. The summed E-state index contributed by atoms with van der Waals surface area (Å²) in [5, 5.41) is 2.85. The van der Waals surface area contributed by atoms with Crippen LogP contribution in [0.15, 0.2) is 47.2 Å². The molecule has 0 saturated heterocycles. The van der Waals surface area contributed by atoms with E-state index in [-0.39, 0.29) is 18.2 Å². The molecule has 126 valence electrons. The van der Waals surface area contributed by atoms with Crippen molar-refractivity contribution in [3.8, 4) is 0 Å². The van der Waals surface area contributed by atoms with Gasteiger partial charge in [-0.2, -0.15) is 0 Å². The lowest BCUT2D eigenvalue weighted by Gasteiger charge is -2.21. The van der Waals surface area contributed by atoms with Gasteiger partial charge in [-0.3, -0.25) is 14.6 Å². The average Bonchev–Trinajstić information content (AvgIpc) is 2.55. The number of aromatic nitrogens is 1. The maximum atomic E-state index is 12.1. The molecule has 0 bridgehead atoms. The van der Waals surface area contributed by atoms with Crippen LogP contribution in [-0.4, -0.2) is 28.2 Å². The van der Waals surface area contributed by atoms with Crippen molar-refractivity contribution in [3.63, 3.8) is 0 Å². The van der Waals surface area contributed by atoms with Gasteiger partial charge in [-0.05, 0) is 42.3 Å². The predicted octanol–water partition coefficient (Wildman–Crippen LogP) is 3.53. The van der Waals surface area contributed by atoms with Crippen LogP contribution in [0.25, 0.3) is 0 Å². The molecule has 0 fully saturated rings. The molecule has 0 unspecified atom stereocenters. The Morgan fingerprint density at radius 1 is 1.21 bits per heavy atom. The summed E-state index contributed by atoms with van der Waals surface area (Å²) in [5.74, 6) is -0.176. The second-order valence-corrected chi connectivity index (χ2v) is 6.41. The Bertz CT molecular complexity index is 719. The Labute approximate surface area is 150 Å². The monoisotopic (exact) mass is 389 g/mol. The summed E-state index contributed by atoms with van der Waals surface area (Å²) in [6.45, 7) is 4.34. The number of benzene rings is 1. The molecule has 6 heteroatoms. The minimum Gasteiger partial charge on any atom is -0.338 e. The van der Waals surface area contributed by atoms with E-state index in [1.165, 1.54) is 6.92 Å². The van der Waals surface area contributed by atoms with Gasteiger partial charge in [0.25, 0.3) is 0 Å². The van der Waals surface area contributed by atoms with Crippen LogP contribution in [0.2, 0.25) is 0 Å². The van der Waals surface area contributed by atoms with Gasteiger partial charge in [-0.1, -0.05) is 22.0 Å². The summed E-state index contributed by atoms with van der Waals surface area (Å²) in [6.07, 6.45) is 3.63. The van der Waals surface area contributed by atoms with E-state index in [0.717, 1.165) is 21.3 Å². The highest BCUT2D eigenvalue weighted by atomic mass is 79.9. The van der Waals surface area contributed by atoms with Crippen molar-refractivity contribution in [1.29, 1.82) is 0 Å². The highest BCUT2D eigenvalue weighted by Gasteiger charge is 2.12. The van der Waals surface area contributed by atoms with E-state index >= 15 is 0 Å². The SMILES string of the molecule is CC(=O)N(CCC(=O)Nc1ccc(C)c(Br)c1)Cc1ccncc1. The van der Waals surface area contributed by atoms with Crippen molar-refractivity contribution in [2.45, 2.75) is 26.8 Å². The van der Waals surface area contributed by atoms with Crippen LogP contribution < -0.4 is 5.32 Å². The summed E-state index contributed by atoms with van der Waals surface area (Å²) in [6, 6.07) is 9.38. The minimum absolute atomic E-state index is 0.0577. The van der Waals surface area contributed by atoms with Gasteiger partial charge >= 0.3 is 0 Å². The zero-order valence-electron chi connectivity index (χ0n) is 13.8. The Balaban J connectivity index is 1.90. The smallest absolute Gasteiger partial charge is 0.226 e. The van der Waals surface area contributed by atoms with E-state index in [9.17, 15) is 9.59 Å². The summed E-state index contributed by atoms with van der Waals surface area (Å²) < 4.78 is 0.948. The van der Waals surface area contributed by atoms with Crippen LogP contribution in [0.1, 0.15) is 24.5 Å². The summed E-state index contributed by atoms with van der Waals surface area (Å²) in [4.78, 5) is 29.5. The standard InChI is InChI=1S/C18H20BrN3O2/c1-13-3-4-16(11-17(13)19)21-18(24)7-10-22(14(2)23)12-15-5-8-20-9-6-15/h3-6,8-9,11H,7,10,12H2,1-2H3,(H,21,24). The van der Waals surface area contributed by atoms with Gasteiger partial charge in [0.2, 0.25) is 11.8 Å². The average molecular weight is 390 g/mol. The molecule has 0 spiro atoms. The molecule has 5 nitrogen and oxygen atoms in total. The lowest BCUT2D eigenvalue weighted by molar-refractivity contribution is -0.129. The van der Waals surface area contributed by atoms with E-state index < -0.39 is 0 Å². The molecule has 1 heterocycles. The third-order valence-electron chi connectivity index (χ3n) is 3.63. The molecule has 24 heavy (non-hydrogen) atoms. The van der Waals surface area contributed by atoms with Gasteiger partial charge in [0.05, 0.1) is 0 Å². The number of anilines is 1. The molecule has 0 aliphatic rings. The number of carbonyl (C=O) groups is 2. The fraction of sp³-hybridized carbons (Fsp3) is 0.278. The first-order chi connectivity index (χ1) is 11.5. The van der Waals surface area contributed by atoms with E-state index in [1.807, 2.05) is 37.3 Å². The van der Waals surface area contributed by atoms with Crippen molar-refractivity contribution in [2.75, 3.05) is 11.9 Å². The van der Waals surface area contributed by atoms with Gasteiger partial charge in [0, 0.05) is 49.0 Å². The quantitative estimate of drug-likeness (QED) is 0.821. The zero-order valence-corrected chi connectivity index (χ0v) is 15.3. The summed E-state index contributed by atoms with van der Waals surface area (Å²) >= 11 is 3.45. The van der Waals surface area contributed by atoms with Crippen molar-refractivity contribution in [2.24, 2.45) is 0 Å². The third kappa shape index (κ3) is 5.45. The first-order valence-electron chi connectivity index (χ1n) is 7.66. The summed E-state index contributed by atoms with van der Waals surface area (Å²) in [5.41, 5.74) is 2.83. The highest BCUT2D eigenvalue weighted by Crippen LogP contribution is 2.20. The molecule has 2 aromatic rings. The molecule has 0 radical (unpaired) electrons. The number of nitrogens with zero attached hydrogens (tertiary/aromatic N) is 2. The van der Waals surface area contributed by atoms with Crippen molar-refractivity contribution in [3.05, 3.63) is 58.3 Å². The van der Waals surface area contributed by atoms with E-state index in [2.05, 4.69) is 26.2 Å². The minimum atomic E-state index is -0.119. The Morgan fingerprint density at radius 2 is 1.92 bits per heavy atom. The van der Waals surface area contributed by atoms with Crippen LogP contribution in [-0.2, 0) is 16.1 Å². The van der Waals surface area contributed by atoms with Gasteiger partial charge in [0.1, 0.15) is 0 Å². The van der Waals surface area contributed by atoms with Gasteiger partial charge < -0.3 is 10.2 Å². The van der Waals surface area contributed by atoms with Crippen LogP contribution in [0, 0.1) is 6.92 Å². The summed E-state index contributed by atoms with van der Waals surface area (Å²) in [7, 11) is 0. The molecule has 0 atom stereocenters. The first kappa shape index (κ1) is 18.1. The predicted molar refractivity (Wildman–Crippen MR) is 97.5 cm³/mol. The molecule has 1 aromatic heterocycles. The molecule has 1 N–H and O–H groups in total. The van der Waals surface area contributed by atoms with Gasteiger partial charge in [-0.25, -0.2) is 0 Å². The molecule has 0 saturated carbocycles. The molecule has 0 aliphatic carbocycles. The van der Waals surface area contributed by atoms with Gasteiger partial charge in [0.15, 0.2) is 0 Å². The fourth-order valence-electron chi connectivity index (χ4n) is 2.19. The molecule has 0 aliphatic heterocycles. The second kappa shape index (κ2) is 8.59. The van der Waals surface area contributed by atoms with E-state index in [1.54, 1.807) is 17.3 Å². The van der Waals surface area contributed by atoms with Crippen LogP contribution in [0.3, 0.4) is 0 Å². The van der Waals surface area contributed by atoms with Crippen molar-refractivity contribution >= 4 is 33.4 Å². The number of hydrogen-bond acceptors (Lipinski definition) is 3. The lowest BCUT2D eigenvalue weighted by atomic mass is 10.2. The van der Waals surface area contributed by atoms with Crippen molar-refractivity contribution < 1.29 is 9.59 Å². The lowest BCUT2D eigenvalue weighted by Crippen LogP contribution is -2.31. The molecule has 1 aromatic carbocycles. The Kier molecular flexibility index (Phi) is 6.49. The second-order valence-electron chi connectivity index (χ2n) is 5.56. The Morgan fingerprint density at radius 3 is 2.54 bits per heavy atom. The molecular formula is C18H20BrN3O2. The topological polar surface area (TPSA) is 62.3 Å². The number of rotatable bonds is 6. The Hall–Kier alpha value is -2.21. The third-order valence-corrected chi connectivity index (χ3v) is 4.49. The maximum Gasteiger partial charge on any atom is 0.226 e. The normalized spacial score (nSPS) is 10.3. The van der Waals surface area contributed by atoms with E-state index in [4.69, 9.17) is 0 Å². The molecular weight excluding hydrogens is 370 g/mol. The first-order valence-corrected chi connectivity index (χ1v) is 8.45. The van der Waals surface area contributed by atoms with Crippen molar-refractivity contribution in [1.82, 2.24) is 9.88 Å². The van der Waals surface area contributed by atoms with Crippen LogP contribution >= 0.6 is 15.9 Å². The van der Waals surface area contributed by atoms with E-state index in [0.29, 0.717) is 13.1 Å². The number of hydrogen-bond donors (Lipinski definition) is 1. The maximum absolute atomic E-state index is 12.1. The van der Waals surface area contributed by atoms with Crippen LogP contribution in [0.5, 0.6) is 0 Å². The number of nitrogens with one attached hydrogen (secondary N) is 1. The number of halogens is 1. The number of amides is 2. The number of pyridine rings is 1. The van der Waals surface area contributed by atoms with Crippen LogP contribution in [0.4, 0.5) is 5.69 Å². The fourth-order valence-corrected chi connectivity index (χ4v) is 2.57. The van der Waals surface area contributed by atoms with Gasteiger partial charge in [-0.15, -0.1) is 0 Å². The molecule has 2 amide bonds. The number of carbonyl (C=O) groups excluding carboxylic acids is 2. The molecule has 2 rings (SSSR count). The zero-order chi connectivity index (χ0) is 17.5. The number of aryl methyl sites for hydroxylation is 1. The highest BCUT2D eigenvalue weighted by molar-refractivity contribution is 9.10.